The minimum atomic E-state index is -0.619. The zero-order valence-electron chi connectivity index (χ0n) is 12.0. The molecule has 1 aromatic rings. The van der Waals surface area contributed by atoms with E-state index in [0.29, 0.717) is 12.1 Å². The summed E-state index contributed by atoms with van der Waals surface area (Å²) in [6.07, 6.45) is 2.83. The quantitative estimate of drug-likeness (QED) is 0.928. The third-order valence-corrected chi connectivity index (χ3v) is 4.08. The summed E-state index contributed by atoms with van der Waals surface area (Å²) in [6.45, 7) is 0.661. The number of amides is 1. The van der Waals surface area contributed by atoms with Gasteiger partial charge in [0.05, 0.1) is 0 Å². The Bertz CT molecular complexity index is 499. The number of carbonyl (C=O) groups excluding carboxylic acids is 1. The second-order valence-electron chi connectivity index (χ2n) is 5.46. The van der Waals surface area contributed by atoms with E-state index in [4.69, 9.17) is 5.73 Å². The fourth-order valence-corrected chi connectivity index (χ4v) is 2.91. The van der Waals surface area contributed by atoms with Gasteiger partial charge in [-0.05, 0) is 31.4 Å². The lowest BCUT2D eigenvalue weighted by molar-refractivity contribution is -0.135. The monoisotopic (exact) mass is 318 g/mol. The van der Waals surface area contributed by atoms with Gasteiger partial charge >= 0.3 is 0 Å². The number of halogens is 3. The van der Waals surface area contributed by atoms with E-state index in [-0.39, 0.29) is 36.7 Å². The third-order valence-electron chi connectivity index (χ3n) is 4.08. The molecule has 0 radical (unpaired) electrons. The predicted molar refractivity (Wildman–Crippen MR) is 80.0 cm³/mol. The lowest BCUT2D eigenvalue weighted by atomic mass is 9.95. The van der Waals surface area contributed by atoms with Crippen molar-refractivity contribution < 1.29 is 13.6 Å². The van der Waals surface area contributed by atoms with Crippen LogP contribution >= 0.6 is 12.4 Å². The smallest absolute Gasteiger partial charge is 0.226 e. The largest absolute Gasteiger partial charge is 0.341 e. The molecule has 1 amide bonds. The molecule has 1 aromatic carbocycles. The van der Waals surface area contributed by atoms with Gasteiger partial charge in [-0.15, -0.1) is 12.4 Å². The summed E-state index contributed by atoms with van der Waals surface area (Å²) in [7, 11) is 1.65. The van der Waals surface area contributed by atoms with Crippen LogP contribution in [0.25, 0.3) is 0 Å². The van der Waals surface area contributed by atoms with E-state index >= 15 is 0 Å². The number of nitrogens with zero attached hydrogens (tertiary/aromatic N) is 1. The summed E-state index contributed by atoms with van der Waals surface area (Å²) in [5, 5.41) is 0. The Hall–Kier alpha value is -1.20. The maximum Gasteiger partial charge on any atom is 0.226 e. The topological polar surface area (TPSA) is 46.3 Å². The van der Waals surface area contributed by atoms with E-state index in [9.17, 15) is 13.6 Å². The van der Waals surface area contributed by atoms with Crippen LogP contribution in [-0.2, 0) is 11.3 Å². The Balaban J connectivity index is 0.00000220. The molecule has 0 heterocycles. The highest BCUT2D eigenvalue weighted by Gasteiger charge is 2.33. The average Bonchev–Trinajstić information content (AvgIpc) is 2.89. The Morgan fingerprint density at radius 3 is 2.71 bits per heavy atom. The lowest BCUT2D eigenvalue weighted by Crippen LogP contribution is -2.36. The fourth-order valence-electron chi connectivity index (χ4n) is 2.91. The minimum absolute atomic E-state index is 0. The van der Waals surface area contributed by atoms with Crippen molar-refractivity contribution in [1.82, 2.24) is 4.90 Å². The summed E-state index contributed by atoms with van der Waals surface area (Å²) in [5.41, 5.74) is 6.01. The predicted octanol–water partition coefficient (Wildman–Crippen LogP) is 2.72. The Morgan fingerprint density at radius 1 is 1.38 bits per heavy atom. The van der Waals surface area contributed by atoms with Crippen molar-refractivity contribution in [3.8, 4) is 0 Å². The Kier molecular flexibility index (Phi) is 6.55. The number of hydrogen-bond donors (Lipinski definition) is 1. The number of hydrogen-bond acceptors (Lipinski definition) is 2. The Morgan fingerprint density at radius 2 is 2.10 bits per heavy atom. The van der Waals surface area contributed by atoms with Gasteiger partial charge in [0.15, 0.2) is 0 Å². The van der Waals surface area contributed by atoms with Crippen LogP contribution in [0, 0.1) is 23.5 Å². The van der Waals surface area contributed by atoms with Crippen molar-refractivity contribution in [2.75, 3.05) is 13.6 Å². The van der Waals surface area contributed by atoms with Crippen LogP contribution in [0.5, 0.6) is 0 Å². The SMILES string of the molecule is CN(Cc1ccc(F)cc1F)C(=O)[C@@H]1CCC[C@@H]1CN.Cl. The lowest BCUT2D eigenvalue weighted by Gasteiger charge is -2.24. The van der Waals surface area contributed by atoms with Crippen LogP contribution in [0.3, 0.4) is 0 Å². The highest BCUT2D eigenvalue weighted by atomic mass is 35.5. The van der Waals surface area contributed by atoms with E-state index in [1.165, 1.54) is 17.0 Å². The highest BCUT2D eigenvalue weighted by molar-refractivity contribution is 5.85. The second kappa shape index (κ2) is 7.71. The van der Waals surface area contributed by atoms with E-state index < -0.39 is 11.6 Å². The molecule has 0 aromatic heterocycles. The van der Waals surface area contributed by atoms with Crippen LogP contribution in [-0.4, -0.2) is 24.4 Å². The highest BCUT2D eigenvalue weighted by Crippen LogP contribution is 2.32. The van der Waals surface area contributed by atoms with Crippen LogP contribution in [0.4, 0.5) is 8.78 Å². The van der Waals surface area contributed by atoms with Crippen LogP contribution < -0.4 is 5.73 Å². The minimum Gasteiger partial charge on any atom is -0.341 e. The zero-order chi connectivity index (χ0) is 14.7. The summed E-state index contributed by atoms with van der Waals surface area (Å²) < 4.78 is 26.4. The standard InChI is InChI=1S/C15H20F2N2O.ClH/c1-19(9-11-5-6-12(16)7-14(11)17)15(20)13-4-2-3-10(13)8-18;/h5-7,10,13H,2-4,8-9,18H2,1H3;1H/t10-,13-;/m1./s1. The van der Waals surface area contributed by atoms with Crippen LogP contribution in [0.2, 0.25) is 0 Å². The molecule has 21 heavy (non-hydrogen) atoms. The van der Waals surface area contributed by atoms with Gasteiger partial charge in [-0.2, -0.15) is 0 Å². The first-order valence-corrected chi connectivity index (χ1v) is 6.92. The van der Waals surface area contributed by atoms with Gasteiger partial charge in [-0.3, -0.25) is 4.79 Å². The summed E-state index contributed by atoms with van der Waals surface area (Å²) >= 11 is 0. The molecule has 1 aliphatic carbocycles. The molecule has 2 N–H and O–H groups in total. The molecule has 1 aliphatic rings. The molecule has 2 atom stereocenters. The van der Waals surface area contributed by atoms with Crippen molar-refractivity contribution in [2.45, 2.75) is 25.8 Å². The number of rotatable bonds is 4. The molecular formula is C15H21ClF2N2O. The van der Waals surface area contributed by atoms with Gasteiger partial charge in [0.2, 0.25) is 5.91 Å². The van der Waals surface area contributed by atoms with E-state index in [0.717, 1.165) is 25.3 Å². The maximum atomic E-state index is 13.6. The summed E-state index contributed by atoms with van der Waals surface area (Å²) in [6, 6.07) is 3.42. The summed E-state index contributed by atoms with van der Waals surface area (Å²) in [4.78, 5) is 13.9. The first-order valence-electron chi connectivity index (χ1n) is 6.92. The first kappa shape index (κ1) is 17.9. The van der Waals surface area contributed by atoms with E-state index in [1.807, 2.05) is 0 Å². The van der Waals surface area contributed by atoms with E-state index in [2.05, 4.69) is 0 Å². The molecule has 3 nitrogen and oxygen atoms in total. The molecule has 6 heteroatoms. The molecule has 1 saturated carbocycles. The van der Waals surface area contributed by atoms with Crippen molar-refractivity contribution >= 4 is 18.3 Å². The molecule has 0 bridgehead atoms. The van der Waals surface area contributed by atoms with Gasteiger partial charge in [0.1, 0.15) is 11.6 Å². The number of nitrogens with two attached hydrogens (primary N) is 1. The van der Waals surface area contributed by atoms with Crippen molar-refractivity contribution in [3.05, 3.63) is 35.4 Å². The average molecular weight is 319 g/mol. The molecule has 2 rings (SSSR count). The maximum absolute atomic E-state index is 13.6. The second-order valence-corrected chi connectivity index (χ2v) is 5.46. The molecule has 1 fully saturated rings. The van der Waals surface area contributed by atoms with Gasteiger partial charge in [0, 0.05) is 31.1 Å². The third kappa shape index (κ3) is 4.14. The molecule has 0 aliphatic heterocycles. The molecule has 0 saturated heterocycles. The fraction of sp³-hybridized carbons (Fsp3) is 0.533. The molecule has 118 valence electrons. The van der Waals surface area contributed by atoms with Crippen molar-refractivity contribution in [1.29, 1.82) is 0 Å². The van der Waals surface area contributed by atoms with Gasteiger partial charge in [-0.25, -0.2) is 8.78 Å². The number of benzene rings is 1. The van der Waals surface area contributed by atoms with Crippen molar-refractivity contribution in [2.24, 2.45) is 17.6 Å². The van der Waals surface area contributed by atoms with E-state index in [1.54, 1.807) is 7.05 Å². The first-order chi connectivity index (χ1) is 9.52. The molecular weight excluding hydrogens is 298 g/mol. The number of carbonyl (C=O) groups is 1. The zero-order valence-corrected chi connectivity index (χ0v) is 12.8. The van der Waals surface area contributed by atoms with Crippen LogP contribution in [0.1, 0.15) is 24.8 Å². The van der Waals surface area contributed by atoms with Gasteiger partial charge in [-0.1, -0.05) is 12.5 Å². The molecule has 0 unspecified atom stereocenters. The normalized spacial score (nSPS) is 21.0. The molecule has 0 spiro atoms. The Labute approximate surface area is 129 Å². The van der Waals surface area contributed by atoms with Crippen molar-refractivity contribution in [3.63, 3.8) is 0 Å². The summed E-state index contributed by atoms with van der Waals surface area (Å²) in [5.74, 6) is -1.07. The van der Waals surface area contributed by atoms with Crippen LogP contribution in [0.15, 0.2) is 18.2 Å². The van der Waals surface area contributed by atoms with Gasteiger partial charge < -0.3 is 10.6 Å². The van der Waals surface area contributed by atoms with Gasteiger partial charge in [0.25, 0.3) is 0 Å².